The fourth-order valence-corrected chi connectivity index (χ4v) is 2.82. The SMILES string of the molecule is COc1ccc(NC(=O)c2ccnc(C(=O)N3CCOCC3)c2)cc1Cl. The average molecular weight is 376 g/mol. The van der Waals surface area contributed by atoms with Gasteiger partial charge in [0.2, 0.25) is 0 Å². The van der Waals surface area contributed by atoms with Crippen LogP contribution in [0.2, 0.25) is 5.02 Å². The third-order valence-corrected chi connectivity index (χ3v) is 4.24. The van der Waals surface area contributed by atoms with Gasteiger partial charge in [-0.15, -0.1) is 0 Å². The number of carbonyl (C=O) groups excluding carboxylic acids is 2. The van der Waals surface area contributed by atoms with E-state index in [2.05, 4.69) is 10.3 Å². The minimum absolute atomic E-state index is 0.213. The van der Waals surface area contributed by atoms with E-state index in [1.54, 1.807) is 29.2 Å². The van der Waals surface area contributed by atoms with Crippen molar-refractivity contribution in [1.29, 1.82) is 0 Å². The Hall–Kier alpha value is -2.64. The molecule has 0 spiro atoms. The average Bonchev–Trinajstić information content (AvgIpc) is 2.68. The van der Waals surface area contributed by atoms with Crippen molar-refractivity contribution in [2.24, 2.45) is 0 Å². The molecule has 1 fully saturated rings. The van der Waals surface area contributed by atoms with Crippen LogP contribution in [0.1, 0.15) is 20.8 Å². The molecular weight excluding hydrogens is 358 g/mol. The third-order valence-electron chi connectivity index (χ3n) is 3.95. The number of morpholine rings is 1. The fourth-order valence-electron chi connectivity index (χ4n) is 2.56. The first kappa shape index (κ1) is 18.2. The number of rotatable bonds is 4. The first-order chi connectivity index (χ1) is 12.6. The zero-order valence-corrected chi connectivity index (χ0v) is 15.0. The molecule has 0 bridgehead atoms. The van der Waals surface area contributed by atoms with Gasteiger partial charge < -0.3 is 19.7 Å². The molecule has 1 aromatic carbocycles. The van der Waals surface area contributed by atoms with E-state index in [4.69, 9.17) is 21.1 Å². The molecule has 1 aromatic heterocycles. The van der Waals surface area contributed by atoms with Crippen molar-refractivity contribution in [2.45, 2.75) is 0 Å². The van der Waals surface area contributed by atoms with E-state index in [0.717, 1.165) is 0 Å². The lowest BCUT2D eigenvalue weighted by Crippen LogP contribution is -2.41. The summed E-state index contributed by atoms with van der Waals surface area (Å²) in [6.07, 6.45) is 1.45. The lowest BCUT2D eigenvalue weighted by atomic mass is 10.2. The minimum Gasteiger partial charge on any atom is -0.495 e. The molecule has 2 heterocycles. The van der Waals surface area contributed by atoms with Gasteiger partial charge in [-0.1, -0.05) is 11.6 Å². The molecule has 136 valence electrons. The number of methoxy groups -OCH3 is 1. The molecule has 7 nitrogen and oxygen atoms in total. The van der Waals surface area contributed by atoms with E-state index in [1.165, 1.54) is 19.4 Å². The zero-order chi connectivity index (χ0) is 18.5. The van der Waals surface area contributed by atoms with Gasteiger partial charge in [0.1, 0.15) is 11.4 Å². The molecule has 1 N–H and O–H groups in total. The normalized spacial score (nSPS) is 14.0. The Morgan fingerprint density at radius 3 is 2.69 bits per heavy atom. The van der Waals surface area contributed by atoms with Crippen LogP contribution in [0.4, 0.5) is 5.69 Å². The molecule has 1 aliphatic heterocycles. The minimum atomic E-state index is -0.357. The number of aromatic nitrogens is 1. The van der Waals surface area contributed by atoms with Crippen LogP contribution in [0.15, 0.2) is 36.5 Å². The second kappa shape index (κ2) is 8.16. The fraction of sp³-hybridized carbons (Fsp3) is 0.278. The Bertz CT molecular complexity index is 822. The summed E-state index contributed by atoms with van der Waals surface area (Å²) in [4.78, 5) is 30.7. The van der Waals surface area contributed by atoms with Crippen molar-refractivity contribution in [3.8, 4) is 5.75 Å². The number of hydrogen-bond donors (Lipinski definition) is 1. The molecule has 26 heavy (non-hydrogen) atoms. The highest BCUT2D eigenvalue weighted by Gasteiger charge is 2.20. The van der Waals surface area contributed by atoms with Gasteiger partial charge >= 0.3 is 0 Å². The monoisotopic (exact) mass is 375 g/mol. The van der Waals surface area contributed by atoms with Crippen LogP contribution in [0.25, 0.3) is 0 Å². The summed E-state index contributed by atoms with van der Waals surface area (Å²) in [5, 5.41) is 3.14. The van der Waals surface area contributed by atoms with Gasteiger partial charge in [0.15, 0.2) is 0 Å². The summed E-state index contributed by atoms with van der Waals surface area (Å²) in [7, 11) is 1.52. The maximum atomic E-state index is 12.5. The third kappa shape index (κ3) is 4.12. The number of hydrogen-bond acceptors (Lipinski definition) is 5. The van der Waals surface area contributed by atoms with Crippen molar-refractivity contribution in [1.82, 2.24) is 9.88 Å². The van der Waals surface area contributed by atoms with E-state index in [1.807, 2.05) is 0 Å². The van der Waals surface area contributed by atoms with Gasteiger partial charge in [-0.25, -0.2) is 0 Å². The van der Waals surface area contributed by atoms with Crippen LogP contribution in [0.5, 0.6) is 5.75 Å². The van der Waals surface area contributed by atoms with Crippen molar-refractivity contribution >= 4 is 29.1 Å². The number of nitrogens with one attached hydrogen (secondary N) is 1. The molecule has 1 saturated heterocycles. The molecule has 0 atom stereocenters. The van der Waals surface area contributed by atoms with Gasteiger partial charge in [0.25, 0.3) is 11.8 Å². The molecule has 2 amide bonds. The van der Waals surface area contributed by atoms with Crippen LogP contribution >= 0.6 is 11.6 Å². The Morgan fingerprint density at radius 1 is 1.23 bits per heavy atom. The number of pyridine rings is 1. The maximum absolute atomic E-state index is 12.5. The van der Waals surface area contributed by atoms with Gasteiger partial charge in [-0.2, -0.15) is 0 Å². The van der Waals surface area contributed by atoms with Crippen LogP contribution in [-0.4, -0.2) is 55.1 Å². The maximum Gasteiger partial charge on any atom is 0.272 e. The predicted octanol–water partition coefficient (Wildman–Crippen LogP) is 2.47. The second-order valence-electron chi connectivity index (χ2n) is 5.64. The number of benzene rings is 1. The van der Waals surface area contributed by atoms with Crippen molar-refractivity contribution in [3.05, 3.63) is 52.8 Å². The van der Waals surface area contributed by atoms with Crippen LogP contribution in [0, 0.1) is 0 Å². The zero-order valence-electron chi connectivity index (χ0n) is 14.2. The summed E-state index contributed by atoms with van der Waals surface area (Å²) in [5.41, 5.74) is 1.09. The molecule has 0 radical (unpaired) electrons. The number of ether oxygens (including phenoxy) is 2. The number of amides is 2. The highest BCUT2D eigenvalue weighted by molar-refractivity contribution is 6.32. The highest BCUT2D eigenvalue weighted by atomic mass is 35.5. The molecular formula is C18H18ClN3O4. The molecule has 0 aliphatic carbocycles. The Labute approximate surface area is 155 Å². The number of anilines is 1. The summed E-state index contributed by atoms with van der Waals surface area (Å²) < 4.78 is 10.3. The Balaban J connectivity index is 1.73. The summed E-state index contributed by atoms with van der Waals surface area (Å²) >= 11 is 6.07. The quantitative estimate of drug-likeness (QED) is 0.887. The predicted molar refractivity (Wildman–Crippen MR) is 96.9 cm³/mol. The van der Waals surface area contributed by atoms with Crippen LogP contribution < -0.4 is 10.1 Å². The van der Waals surface area contributed by atoms with E-state index >= 15 is 0 Å². The number of nitrogens with zero attached hydrogens (tertiary/aromatic N) is 2. The summed E-state index contributed by atoms with van der Waals surface area (Å²) in [6, 6.07) is 7.98. The molecule has 8 heteroatoms. The largest absolute Gasteiger partial charge is 0.495 e. The van der Waals surface area contributed by atoms with Crippen molar-refractivity contribution in [3.63, 3.8) is 0 Å². The van der Waals surface area contributed by atoms with E-state index in [0.29, 0.717) is 48.3 Å². The lowest BCUT2D eigenvalue weighted by molar-refractivity contribution is 0.0299. The van der Waals surface area contributed by atoms with Crippen molar-refractivity contribution < 1.29 is 19.1 Å². The van der Waals surface area contributed by atoms with Crippen LogP contribution in [0.3, 0.4) is 0 Å². The lowest BCUT2D eigenvalue weighted by Gasteiger charge is -2.26. The first-order valence-corrected chi connectivity index (χ1v) is 8.44. The number of halogens is 1. The van der Waals surface area contributed by atoms with E-state index in [-0.39, 0.29) is 17.5 Å². The van der Waals surface area contributed by atoms with Gasteiger partial charge in [0, 0.05) is 30.5 Å². The van der Waals surface area contributed by atoms with Crippen molar-refractivity contribution in [2.75, 3.05) is 38.7 Å². The first-order valence-electron chi connectivity index (χ1n) is 8.06. The van der Waals surface area contributed by atoms with E-state index < -0.39 is 0 Å². The Morgan fingerprint density at radius 2 is 2.00 bits per heavy atom. The highest BCUT2D eigenvalue weighted by Crippen LogP contribution is 2.27. The smallest absolute Gasteiger partial charge is 0.272 e. The van der Waals surface area contributed by atoms with Crippen LogP contribution in [-0.2, 0) is 4.74 Å². The second-order valence-corrected chi connectivity index (χ2v) is 6.04. The summed E-state index contributed by atoms with van der Waals surface area (Å²) in [5.74, 6) is -0.0490. The van der Waals surface area contributed by atoms with Gasteiger partial charge in [-0.3, -0.25) is 14.6 Å². The molecule has 2 aromatic rings. The number of carbonyl (C=O) groups is 2. The Kier molecular flexibility index (Phi) is 5.70. The topological polar surface area (TPSA) is 80.8 Å². The van der Waals surface area contributed by atoms with E-state index in [9.17, 15) is 9.59 Å². The van der Waals surface area contributed by atoms with Gasteiger partial charge in [-0.05, 0) is 30.3 Å². The standard InChI is InChI=1S/C18H18ClN3O4/c1-25-16-3-2-13(11-14(16)19)21-17(23)12-4-5-20-15(10-12)18(24)22-6-8-26-9-7-22/h2-5,10-11H,6-9H2,1H3,(H,21,23). The molecule has 3 rings (SSSR count). The molecule has 0 saturated carbocycles. The molecule has 0 unspecified atom stereocenters. The molecule has 1 aliphatic rings. The summed E-state index contributed by atoms with van der Waals surface area (Å²) in [6.45, 7) is 2.04. The van der Waals surface area contributed by atoms with Gasteiger partial charge in [0.05, 0.1) is 25.3 Å².